The molecule has 1 amide bonds. The number of carbonyl (C=O) groups excluding carboxylic acids is 1. The van der Waals surface area contributed by atoms with Crippen LogP contribution >= 0.6 is 11.3 Å². The van der Waals surface area contributed by atoms with Gasteiger partial charge in [-0.05, 0) is 67.5 Å². The van der Waals surface area contributed by atoms with E-state index >= 15 is 0 Å². The first-order valence-corrected chi connectivity index (χ1v) is 12.7. The van der Waals surface area contributed by atoms with Gasteiger partial charge in [0.2, 0.25) is 11.8 Å². The molecule has 0 unspecified atom stereocenters. The molecule has 1 aliphatic heterocycles. The van der Waals surface area contributed by atoms with E-state index in [-0.39, 0.29) is 11.8 Å². The van der Waals surface area contributed by atoms with Crippen LogP contribution in [0.1, 0.15) is 24.0 Å². The minimum absolute atomic E-state index is 0.122. The van der Waals surface area contributed by atoms with Gasteiger partial charge in [0.05, 0.1) is 11.9 Å². The highest BCUT2D eigenvalue weighted by atomic mass is 32.2. The van der Waals surface area contributed by atoms with Crippen LogP contribution in [-0.2, 0) is 14.8 Å². The van der Waals surface area contributed by atoms with Gasteiger partial charge in [-0.3, -0.25) is 4.79 Å². The zero-order valence-corrected chi connectivity index (χ0v) is 19.6. The van der Waals surface area contributed by atoms with E-state index < -0.39 is 10.0 Å². The van der Waals surface area contributed by atoms with Crippen LogP contribution < -0.4 is 10.1 Å². The summed E-state index contributed by atoms with van der Waals surface area (Å²) in [5.41, 5.74) is 2.91. The number of piperidine rings is 1. The normalized spacial score (nSPS) is 15.4. The Morgan fingerprint density at radius 2 is 1.91 bits per heavy atom. The van der Waals surface area contributed by atoms with Crippen LogP contribution in [0.2, 0.25) is 0 Å². The van der Waals surface area contributed by atoms with Crippen molar-refractivity contribution < 1.29 is 17.9 Å². The topological polar surface area (TPSA) is 88.6 Å². The molecule has 1 aromatic carbocycles. The summed E-state index contributed by atoms with van der Waals surface area (Å²) in [5.74, 6) is 0.791. The van der Waals surface area contributed by atoms with Crippen molar-refractivity contribution in [3.05, 3.63) is 65.2 Å². The quantitative estimate of drug-likeness (QED) is 0.568. The minimum atomic E-state index is -3.47. The minimum Gasteiger partial charge on any atom is -0.439 e. The molecule has 168 valence electrons. The van der Waals surface area contributed by atoms with E-state index in [1.54, 1.807) is 35.8 Å². The molecule has 0 radical (unpaired) electrons. The molecule has 9 heteroatoms. The first-order chi connectivity index (χ1) is 15.3. The van der Waals surface area contributed by atoms with Crippen LogP contribution in [0.3, 0.4) is 0 Å². The van der Waals surface area contributed by atoms with Crippen molar-refractivity contribution in [2.75, 3.05) is 18.4 Å². The standard InChI is InChI=1S/C23H25N3O4S2/c1-16-5-7-20(14-17(16)2)30-21-8-6-19(15-24-21)25-23(27)18-9-11-26(12-10-18)32(28,29)22-4-3-13-31-22/h3-8,13-15,18H,9-12H2,1-2H3,(H,25,27). The number of rotatable bonds is 6. The van der Waals surface area contributed by atoms with Crippen molar-refractivity contribution in [1.82, 2.24) is 9.29 Å². The number of carbonyl (C=O) groups is 1. The number of hydrogen-bond donors (Lipinski definition) is 1. The van der Waals surface area contributed by atoms with Crippen LogP contribution in [-0.4, -0.2) is 36.7 Å². The van der Waals surface area contributed by atoms with Crippen molar-refractivity contribution >= 4 is 33.0 Å². The molecule has 3 heterocycles. The Hall–Kier alpha value is -2.75. The predicted molar refractivity (Wildman–Crippen MR) is 125 cm³/mol. The van der Waals surface area contributed by atoms with E-state index in [1.807, 2.05) is 32.0 Å². The number of ether oxygens (including phenoxy) is 1. The fourth-order valence-corrected chi connectivity index (χ4v) is 6.17. The third-order valence-corrected chi connectivity index (χ3v) is 8.89. The van der Waals surface area contributed by atoms with Gasteiger partial charge in [0.15, 0.2) is 0 Å². The number of anilines is 1. The Labute approximate surface area is 192 Å². The van der Waals surface area contributed by atoms with Gasteiger partial charge in [-0.25, -0.2) is 13.4 Å². The van der Waals surface area contributed by atoms with Crippen LogP contribution in [0.5, 0.6) is 11.6 Å². The maximum Gasteiger partial charge on any atom is 0.252 e. The second-order valence-corrected chi connectivity index (χ2v) is 10.9. The fraction of sp³-hybridized carbons (Fsp3) is 0.304. The van der Waals surface area contributed by atoms with Gasteiger partial charge in [-0.2, -0.15) is 4.31 Å². The highest BCUT2D eigenvalue weighted by Crippen LogP contribution is 2.27. The molecule has 0 saturated carbocycles. The van der Waals surface area contributed by atoms with E-state index in [9.17, 15) is 13.2 Å². The largest absolute Gasteiger partial charge is 0.439 e. The summed E-state index contributed by atoms with van der Waals surface area (Å²) in [6.07, 6.45) is 2.53. The number of aromatic nitrogens is 1. The van der Waals surface area contributed by atoms with E-state index in [2.05, 4.69) is 10.3 Å². The Bertz CT molecular complexity index is 1180. The van der Waals surface area contributed by atoms with Crippen molar-refractivity contribution in [2.24, 2.45) is 5.92 Å². The molecule has 7 nitrogen and oxygen atoms in total. The number of nitrogens with zero attached hydrogens (tertiary/aromatic N) is 2. The number of sulfonamides is 1. The van der Waals surface area contributed by atoms with Gasteiger partial charge in [-0.15, -0.1) is 11.3 Å². The molecule has 0 aliphatic carbocycles. The van der Waals surface area contributed by atoms with E-state index in [1.165, 1.54) is 21.2 Å². The van der Waals surface area contributed by atoms with E-state index in [4.69, 9.17) is 4.74 Å². The number of hydrogen-bond acceptors (Lipinski definition) is 6. The average Bonchev–Trinajstić information content (AvgIpc) is 3.34. The van der Waals surface area contributed by atoms with E-state index in [0.29, 0.717) is 47.5 Å². The zero-order chi connectivity index (χ0) is 22.7. The molecule has 1 fully saturated rings. The predicted octanol–water partition coefficient (Wildman–Crippen LogP) is 4.59. The molecule has 0 bridgehead atoms. The molecule has 1 saturated heterocycles. The van der Waals surface area contributed by atoms with E-state index in [0.717, 1.165) is 5.56 Å². The molecule has 1 aliphatic rings. The number of aryl methyl sites for hydroxylation is 2. The van der Waals surface area contributed by atoms with Crippen LogP contribution in [0.15, 0.2) is 58.3 Å². The molecule has 0 atom stereocenters. The van der Waals surface area contributed by atoms with Gasteiger partial charge >= 0.3 is 0 Å². The number of benzene rings is 1. The number of pyridine rings is 1. The van der Waals surface area contributed by atoms with Crippen molar-refractivity contribution in [1.29, 1.82) is 0 Å². The maximum absolute atomic E-state index is 12.7. The summed E-state index contributed by atoms with van der Waals surface area (Å²) in [4.78, 5) is 16.9. The third kappa shape index (κ3) is 5.01. The van der Waals surface area contributed by atoms with Gasteiger partial charge in [0.25, 0.3) is 10.0 Å². The first kappa shape index (κ1) is 22.4. The molecule has 4 rings (SSSR count). The summed E-state index contributed by atoms with van der Waals surface area (Å²) in [6, 6.07) is 12.6. The van der Waals surface area contributed by atoms with Crippen LogP contribution in [0.25, 0.3) is 0 Å². The fourth-order valence-electron chi connectivity index (χ4n) is 3.55. The lowest BCUT2D eigenvalue weighted by Gasteiger charge is -2.30. The number of nitrogens with one attached hydrogen (secondary N) is 1. The maximum atomic E-state index is 12.7. The van der Waals surface area contributed by atoms with Crippen LogP contribution in [0.4, 0.5) is 5.69 Å². The molecule has 32 heavy (non-hydrogen) atoms. The summed E-state index contributed by atoms with van der Waals surface area (Å²) in [5, 5.41) is 4.63. The Balaban J connectivity index is 1.31. The highest BCUT2D eigenvalue weighted by molar-refractivity contribution is 7.91. The Morgan fingerprint density at radius 3 is 2.53 bits per heavy atom. The van der Waals surface area contributed by atoms with Crippen molar-refractivity contribution in [2.45, 2.75) is 30.9 Å². The zero-order valence-electron chi connectivity index (χ0n) is 17.9. The first-order valence-electron chi connectivity index (χ1n) is 10.4. The van der Waals surface area contributed by atoms with Gasteiger partial charge in [0, 0.05) is 25.1 Å². The summed E-state index contributed by atoms with van der Waals surface area (Å²) >= 11 is 1.21. The summed E-state index contributed by atoms with van der Waals surface area (Å²) in [6.45, 7) is 4.73. The lowest BCUT2D eigenvalue weighted by atomic mass is 9.97. The summed E-state index contributed by atoms with van der Waals surface area (Å²) < 4.78 is 32.8. The van der Waals surface area contributed by atoms with Crippen molar-refractivity contribution in [3.63, 3.8) is 0 Å². The molecular weight excluding hydrogens is 446 g/mol. The second-order valence-electron chi connectivity index (χ2n) is 7.83. The molecule has 1 N–H and O–H groups in total. The summed E-state index contributed by atoms with van der Waals surface area (Å²) in [7, 11) is -3.47. The van der Waals surface area contributed by atoms with Crippen molar-refractivity contribution in [3.8, 4) is 11.6 Å². The lowest BCUT2D eigenvalue weighted by Crippen LogP contribution is -2.41. The van der Waals surface area contributed by atoms with Gasteiger partial charge < -0.3 is 10.1 Å². The Morgan fingerprint density at radius 1 is 1.12 bits per heavy atom. The lowest BCUT2D eigenvalue weighted by molar-refractivity contribution is -0.120. The highest BCUT2D eigenvalue weighted by Gasteiger charge is 2.32. The smallest absolute Gasteiger partial charge is 0.252 e. The number of thiophene rings is 1. The monoisotopic (exact) mass is 471 g/mol. The van der Waals surface area contributed by atoms with Crippen LogP contribution in [0, 0.1) is 19.8 Å². The molecular formula is C23H25N3O4S2. The SMILES string of the molecule is Cc1ccc(Oc2ccc(NC(=O)C3CCN(S(=O)(=O)c4cccs4)CC3)cn2)cc1C. The molecule has 0 spiro atoms. The van der Waals surface area contributed by atoms with Gasteiger partial charge in [0.1, 0.15) is 9.96 Å². The molecule has 2 aromatic heterocycles. The number of amides is 1. The second kappa shape index (κ2) is 9.40. The Kier molecular flexibility index (Phi) is 6.59. The third-order valence-electron chi connectivity index (χ3n) is 5.62. The van der Waals surface area contributed by atoms with Gasteiger partial charge in [-0.1, -0.05) is 12.1 Å². The molecule has 3 aromatic rings. The average molecular weight is 472 g/mol.